The van der Waals surface area contributed by atoms with Crippen LogP contribution in [0.1, 0.15) is 19.0 Å². The maximum atomic E-state index is 5.23. The van der Waals surface area contributed by atoms with E-state index in [2.05, 4.69) is 16.9 Å². The third-order valence-electron chi connectivity index (χ3n) is 2.16. The molecule has 0 aliphatic heterocycles. The van der Waals surface area contributed by atoms with Crippen LogP contribution in [0.4, 0.5) is 0 Å². The molecule has 0 unspecified atom stereocenters. The van der Waals surface area contributed by atoms with Gasteiger partial charge in [0.2, 0.25) is 0 Å². The summed E-state index contributed by atoms with van der Waals surface area (Å²) in [4.78, 5) is 7.72. The molecule has 2 aromatic rings. The average molecular weight is 204 g/mol. The zero-order chi connectivity index (χ0) is 9.97. The van der Waals surface area contributed by atoms with Crippen LogP contribution in [-0.4, -0.2) is 9.97 Å². The van der Waals surface area contributed by atoms with E-state index < -0.39 is 0 Å². The van der Waals surface area contributed by atoms with Crippen LogP contribution in [0.3, 0.4) is 0 Å². The quantitative estimate of drug-likeness (QED) is 0.761. The molecule has 0 amide bonds. The van der Waals surface area contributed by atoms with Crippen molar-refractivity contribution in [2.45, 2.75) is 19.8 Å². The molecule has 0 spiro atoms. The summed E-state index contributed by atoms with van der Waals surface area (Å²) in [6.45, 7) is 2.13. The summed E-state index contributed by atoms with van der Waals surface area (Å²) < 4.78 is 0.769. The summed E-state index contributed by atoms with van der Waals surface area (Å²) >= 11 is 5.23. The van der Waals surface area contributed by atoms with Gasteiger partial charge in [-0.3, -0.25) is 0 Å². The van der Waals surface area contributed by atoms with E-state index in [-0.39, 0.29) is 0 Å². The molecule has 2 rings (SSSR count). The van der Waals surface area contributed by atoms with Crippen molar-refractivity contribution in [3.05, 3.63) is 34.6 Å². The minimum atomic E-state index is 0.769. The van der Waals surface area contributed by atoms with Gasteiger partial charge in [0.05, 0.1) is 16.7 Å². The molecule has 1 N–H and O–H groups in total. The second-order valence-corrected chi connectivity index (χ2v) is 3.69. The van der Waals surface area contributed by atoms with Crippen LogP contribution >= 0.6 is 12.2 Å². The van der Waals surface area contributed by atoms with Crippen LogP contribution in [0.2, 0.25) is 0 Å². The van der Waals surface area contributed by atoms with Crippen LogP contribution in [-0.2, 0) is 6.42 Å². The van der Waals surface area contributed by atoms with Gasteiger partial charge in [-0.2, -0.15) is 0 Å². The third kappa shape index (κ3) is 1.68. The standard InChI is InChI=1S/C11H12N2S/c1-2-5-10-11(14)13-9-7-4-3-6-8(9)12-10/h3-4,6-7H,2,5H2,1H3,(H,13,14). The van der Waals surface area contributed by atoms with Crippen LogP contribution in [0, 0.1) is 4.64 Å². The Balaban J connectivity index is 2.65. The molecule has 0 fully saturated rings. The summed E-state index contributed by atoms with van der Waals surface area (Å²) in [5.41, 5.74) is 3.00. The number of aromatic nitrogens is 2. The molecule has 1 heterocycles. The fourth-order valence-electron chi connectivity index (χ4n) is 1.47. The number of nitrogens with zero attached hydrogens (tertiary/aromatic N) is 1. The minimum Gasteiger partial charge on any atom is -0.343 e. The predicted octanol–water partition coefficient (Wildman–Crippen LogP) is 3.24. The highest BCUT2D eigenvalue weighted by atomic mass is 32.1. The van der Waals surface area contributed by atoms with Crippen molar-refractivity contribution in [2.24, 2.45) is 0 Å². The number of hydrogen-bond acceptors (Lipinski definition) is 2. The second-order valence-electron chi connectivity index (χ2n) is 3.28. The van der Waals surface area contributed by atoms with Gasteiger partial charge < -0.3 is 4.98 Å². The number of aromatic amines is 1. The third-order valence-corrected chi connectivity index (χ3v) is 2.49. The van der Waals surface area contributed by atoms with Crippen LogP contribution in [0.15, 0.2) is 24.3 Å². The summed E-state index contributed by atoms with van der Waals surface area (Å²) in [5.74, 6) is 0. The maximum absolute atomic E-state index is 5.23. The SMILES string of the molecule is CCCc1nc2ccccc2[nH]c1=S. The zero-order valence-corrected chi connectivity index (χ0v) is 8.90. The van der Waals surface area contributed by atoms with E-state index >= 15 is 0 Å². The monoisotopic (exact) mass is 204 g/mol. The molecule has 0 saturated carbocycles. The summed E-state index contributed by atoms with van der Waals surface area (Å²) in [5, 5.41) is 0. The number of hydrogen-bond donors (Lipinski definition) is 1. The number of fused-ring (bicyclic) bond motifs is 1. The zero-order valence-electron chi connectivity index (χ0n) is 8.08. The molecule has 1 aromatic carbocycles. The maximum Gasteiger partial charge on any atom is 0.125 e. The molecule has 0 radical (unpaired) electrons. The molecule has 0 aliphatic carbocycles. The lowest BCUT2D eigenvalue weighted by molar-refractivity contribution is 0.876. The highest BCUT2D eigenvalue weighted by molar-refractivity contribution is 7.71. The Hall–Kier alpha value is -1.22. The highest BCUT2D eigenvalue weighted by Crippen LogP contribution is 2.10. The minimum absolute atomic E-state index is 0.769. The van der Waals surface area contributed by atoms with E-state index in [9.17, 15) is 0 Å². The summed E-state index contributed by atoms with van der Waals surface area (Å²) in [7, 11) is 0. The van der Waals surface area contributed by atoms with E-state index in [4.69, 9.17) is 12.2 Å². The molecule has 0 atom stereocenters. The smallest absolute Gasteiger partial charge is 0.125 e. The van der Waals surface area contributed by atoms with Crippen LogP contribution in [0.25, 0.3) is 11.0 Å². The largest absolute Gasteiger partial charge is 0.343 e. The van der Waals surface area contributed by atoms with Gasteiger partial charge in [-0.25, -0.2) is 4.98 Å². The highest BCUT2D eigenvalue weighted by Gasteiger charge is 1.99. The van der Waals surface area contributed by atoms with Gasteiger partial charge in [0.1, 0.15) is 4.64 Å². The van der Waals surface area contributed by atoms with Crippen LogP contribution < -0.4 is 0 Å². The van der Waals surface area contributed by atoms with Gasteiger partial charge in [-0.15, -0.1) is 0 Å². The van der Waals surface area contributed by atoms with Crippen molar-refractivity contribution in [3.63, 3.8) is 0 Å². The fraction of sp³-hybridized carbons (Fsp3) is 0.273. The van der Waals surface area contributed by atoms with E-state index in [0.717, 1.165) is 34.2 Å². The van der Waals surface area contributed by atoms with Crippen molar-refractivity contribution in [3.8, 4) is 0 Å². The number of para-hydroxylation sites is 2. The number of benzene rings is 1. The van der Waals surface area contributed by atoms with Gasteiger partial charge in [0.25, 0.3) is 0 Å². The van der Waals surface area contributed by atoms with Gasteiger partial charge >= 0.3 is 0 Å². The van der Waals surface area contributed by atoms with Gasteiger partial charge in [0, 0.05) is 0 Å². The summed E-state index contributed by atoms with van der Waals surface area (Å²) in [6.07, 6.45) is 2.02. The average Bonchev–Trinajstić information content (AvgIpc) is 2.19. The molecule has 14 heavy (non-hydrogen) atoms. The first-order valence-electron chi connectivity index (χ1n) is 4.79. The number of aryl methyl sites for hydroxylation is 1. The first-order chi connectivity index (χ1) is 6.81. The Morgan fingerprint density at radius 3 is 2.93 bits per heavy atom. The molecule has 3 heteroatoms. The van der Waals surface area contributed by atoms with Crippen molar-refractivity contribution in [2.75, 3.05) is 0 Å². The lowest BCUT2D eigenvalue weighted by atomic mass is 10.2. The van der Waals surface area contributed by atoms with Gasteiger partial charge in [-0.1, -0.05) is 37.7 Å². The molecule has 0 saturated heterocycles. The molecule has 1 aromatic heterocycles. The van der Waals surface area contributed by atoms with Gasteiger partial charge in [-0.05, 0) is 18.6 Å². The summed E-state index contributed by atoms with van der Waals surface area (Å²) in [6, 6.07) is 7.96. The van der Waals surface area contributed by atoms with Crippen molar-refractivity contribution < 1.29 is 0 Å². The van der Waals surface area contributed by atoms with Crippen LogP contribution in [0.5, 0.6) is 0 Å². The van der Waals surface area contributed by atoms with Crippen molar-refractivity contribution >= 4 is 23.3 Å². The molecule has 0 bridgehead atoms. The Labute approximate surface area is 88.0 Å². The molecular weight excluding hydrogens is 192 g/mol. The Morgan fingerprint density at radius 1 is 1.36 bits per heavy atom. The lowest BCUT2D eigenvalue weighted by Crippen LogP contribution is -1.94. The normalized spacial score (nSPS) is 10.6. The molecular formula is C11H12N2S. The Morgan fingerprint density at radius 2 is 2.14 bits per heavy atom. The second kappa shape index (κ2) is 3.88. The molecule has 72 valence electrons. The number of nitrogens with one attached hydrogen (secondary N) is 1. The fourth-order valence-corrected chi connectivity index (χ4v) is 1.73. The van der Waals surface area contributed by atoms with Crippen molar-refractivity contribution in [1.29, 1.82) is 0 Å². The molecule has 0 aliphatic rings. The predicted molar refractivity (Wildman–Crippen MR) is 60.9 cm³/mol. The molecule has 2 nitrogen and oxygen atoms in total. The van der Waals surface area contributed by atoms with E-state index in [1.54, 1.807) is 0 Å². The first kappa shape index (κ1) is 9.34. The van der Waals surface area contributed by atoms with Gasteiger partial charge in [0.15, 0.2) is 0 Å². The number of H-pyrrole nitrogens is 1. The topological polar surface area (TPSA) is 28.7 Å². The Bertz CT molecular complexity index is 502. The van der Waals surface area contributed by atoms with Crippen molar-refractivity contribution in [1.82, 2.24) is 9.97 Å². The van der Waals surface area contributed by atoms with E-state index in [1.165, 1.54) is 0 Å². The number of rotatable bonds is 2. The first-order valence-corrected chi connectivity index (χ1v) is 5.20. The van der Waals surface area contributed by atoms with E-state index in [0.29, 0.717) is 0 Å². The lowest BCUT2D eigenvalue weighted by Gasteiger charge is -2.01. The van der Waals surface area contributed by atoms with E-state index in [1.807, 2.05) is 24.3 Å². The Kier molecular flexibility index (Phi) is 2.59.